The van der Waals surface area contributed by atoms with Crippen LogP contribution < -0.4 is 10.6 Å². The molecule has 0 radical (unpaired) electrons. The van der Waals surface area contributed by atoms with Gasteiger partial charge in [0.25, 0.3) is 5.91 Å². The normalized spacial score (nSPS) is 16.7. The molecule has 1 atom stereocenters. The molecule has 26 heavy (non-hydrogen) atoms. The molecule has 1 aliphatic rings. The number of hydrogen-bond donors (Lipinski definition) is 2. The van der Waals surface area contributed by atoms with E-state index < -0.39 is 6.04 Å². The molecule has 2 rings (SSSR count). The summed E-state index contributed by atoms with van der Waals surface area (Å²) in [4.78, 5) is 41.0. The lowest BCUT2D eigenvalue weighted by atomic mass is 10.2. The van der Waals surface area contributed by atoms with Crippen LogP contribution in [0.4, 0.5) is 0 Å². The first-order chi connectivity index (χ1) is 12.4. The number of hydrogen-bond acceptors (Lipinski definition) is 5. The standard InChI is InChI=1S/C17H25BrN4O3S/c1-3-19-15(23)11-21-7-4-8-22(10-9-21)17(25)12(2)20-16(24)13-5-6-14(18)26-13/h5-6,12H,3-4,7-11H2,1-2H3,(H,19,23)(H,20,24). The Morgan fingerprint density at radius 2 is 2.00 bits per heavy atom. The van der Waals surface area contributed by atoms with Gasteiger partial charge in [0.05, 0.1) is 15.2 Å². The van der Waals surface area contributed by atoms with Gasteiger partial charge in [-0.2, -0.15) is 0 Å². The third kappa shape index (κ3) is 6.07. The summed E-state index contributed by atoms with van der Waals surface area (Å²) < 4.78 is 0.876. The van der Waals surface area contributed by atoms with Gasteiger partial charge in [0.2, 0.25) is 11.8 Å². The summed E-state index contributed by atoms with van der Waals surface area (Å²) in [7, 11) is 0. The van der Waals surface area contributed by atoms with Gasteiger partial charge in [0.1, 0.15) is 6.04 Å². The summed E-state index contributed by atoms with van der Waals surface area (Å²) in [6.07, 6.45) is 0.809. The molecule has 1 unspecified atom stereocenters. The number of nitrogens with zero attached hydrogens (tertiary/aromatic N) is 2. The van der Waals surface area contributed by atoms with Gasteiger partial charge in [-0.15, -0.1) is 11.3 Å². The highest BCUT2D eigenvalue weighted by molar-refractivity contribution is 9.11. The van der Waals surface area contributed by atoms with Gasteiger partial charge in [0.15, 0.2) is 0 Å². The monoisotopic (exact) mass is 444 g/mol. The lowest BCUT2D eigenvalue weighted by molar-refractivity contribution is -0.132. The van der Waals surface area contributed by atoms with Crippen molar-refractivity contribution in [3.63, 3.8) is 0 Å². The molecule has 0 aliphatic carbocycles. The molecule has 0 saturated carbocycles. The predicted molar refractivity (Wildman–Crippen MR) is 105 cm³/mol. The molecular weight excluding hydrogens is 420 g/mol. The number of carbonyl (C=O) groups excluding carboxylic acids is 3. The SMILES string of the molecule is CCNC(=O)CN1CCCN(C(=O)C(C)NC(=O)c2ccc(Br)s2)CC1. The molecular formula is C17H25BrN4O3S. The van der Waals surface area contributed by atoms with E-state index in [4.69, 9.17) is 0 Å². The Kier molecular flexibility index (Phi) is 8.05. The maximum absolute atomic E-state index is 12.7. The van der Waals surface area contributed by atoms with Gasteiger partial charge in [-0.25, -0.2) is 0 Å². The second kappa shape index (κ2) is 10.0. The minimum absolute atomic E-state index is 0.00927. The second-order valence-electron chi connectivity index (χ2n) is 6.21. The van der Waals surface area contributed by atoms with E-state index in [1.807, 2.05) is 13.0 Å². The summed E-state index contributed by atoms with van der Waals surface area (Å²) in [5.41, 5.74) is 0. The van der Waals surface area contributed by atoms with Crippen molar-refractivity contribution in [3.8, 4) is 0 Å². The van der Waals surface area contributed by atoms with Crippen LogP contribution in [0, 0.1) is 0 Å². The maximum Gasteiger partial charge on any atom is 0.262 e. The van der Waals surface area contributed by atoms with Gasteiger partial charge < -0.3 is 15.5 Å². The molecule has 0 bridgehead atoms. The highest BCUT2D eigenvalue weighted by Gasteiger charge is 2.25. The Bertz CT molecular complexity index is 652. The van der Waals surface area contributed by atoms with Crippen molar-refractivity contribution in [3.05, 3.63) is 20.8 Å². The first-order valence-corrected chi connectivity index (χ1v) is 10.4. The van der Waals surface area contributed by atoms with Crippen LogP contribution in [0.25, 0.3) is 0 Å². The number of carbonyl (C=O) groups is 3. The van der Waals surface area contributed by atoms with E-state index in [9.17, 15) is 14.4 Å². The summed E-state index contributed by atoms with van der Waals surface area (Å²) in [6.45, 7) is 7.21. The Morgan fingerprint density at radius 1 is 1.23 bits per heavy atom. The van der Waals surface area contributed by atoms with Crippen molar-refractivity contribution >= 4 is 45.0 Å². The van der Waals surface area contributed by atoms with Crippen molar-refractivity contribution in [2.75, 3.05) is 39.3 Å². The van der Waals surface area contributed by atoms with Crippen LogP contribution in [0.1, 0.15) is 29.9 Å². The molecule has 7 nitrogen and oxygen atoms in total. The van der Waals surface area contributed by atoms with E-state index in [-0.39, 0.29) is 17.7 Å². The number of rotatable bonds is 6. The molecule has 1 fully saturated rings. The van der Waals surface area contributed by atoms with Crippen LogP contribution in [-0.4, -0.2) is 72.8 Å². The quantitative estimate of drug-likeness (QED) is 0.692. The fourth-order valence-electron chi connectivity index (χ4n) is 2.85. The lowest BCUT2D eigenvalue weighted by Crippen LogP contribution is -2.48. The minimum Gasteiger partial charge on any atom is -0.355 e. The summed E-state index contributed by atoms with van der Waals surface area (Å²) in [6, 6.07) is 2.95. The van der Waals surface area contributed by atoms with Crippen LogP contribution in [0.3, 0.4) is 0 Å². The molecule has 144 valence electrons. The number of amides is 3. The van der Waals surface area contributed by atoms with E-state index in [0.717, 1.165) is 16.8 Å². The number of thiophene rings is 1. The molecule has 9 heteroatoms. The van der Waals surface area contributed by atoms with Crippen LogP contribution in [0.2, 0.25) is 0 Å². The fraction of sp³-hybridized carbons (Fsp3) is 0.588. The minimum atomic E-state index is -0.585. The van der Waals surface area contributed by atoms with Crippen molar-refractivity contribution in [2.24, 2.45) is 0 Å². The number of halogens is 1. The van der Waals surface area contributed by atoms with Gasteiger partial charge >= 0.3 is 0 Å². The molecule has 2 N–H and O–H groups in total. The van der Waals surface area contributed by atoms with Crippen molar-refractivity contribution in [1.82, 2.24) is 20.4 Å². The number of nitrogens with one attached hydrogen (secondary N) is 2. The maximum atomic E-state index is 12.7. The average molecular weight is 445 g/mol. The van der Waals surface area contributed by atoms with E-state index in [1.165, 1.54) is 11.3 Å². The summed E-state index contributed by atoms with van der Waals surface area (Å²) in [5.74, 6) is -0.321. The molecule has 2 heterocycles. The molecule has 0 aromatic carbocycles. The van der Waals surface area contributed by atoms with Crippen molar-refractivity contribution in [2.45, 2.75) is 26.3 Å². The Hall–Kier alpha value is -1.45. The van der Waals surface area contributed by atoms with Gasteiger partial charge in [-0.3, -0.25) is 19.3 Å². The van der Waals surface area contributed by atoms with E-state index >= 15 is 0 Å². The summed E-state index contributed by atoms with van der Waals surface area (Å²) >= 11 is 4.66. The molecule has 1 aromatic rings. The second-order valence-corrected chi connectivity index (χ2v) is 8.67. The Morgan fingerprint density at radius 3 is 2.65 bits per heavy atom. The first-order valence-electron chi connectivity index (χ1n) is 8.74. The topological polar surface area (TPSA) is 81.8 Å². The van der Waals surface area contributed by atoms with Crippen molar-refractivity contribution < 1.29 is 14.4 Å². The van der Waals surface area contributed by atoms with Crippen LogP contribution >= 0.6 is 27.3 Å². The van der Waals surface area contributed by atoms with Crippen LogP contribution in [0.5, 0.6) is 0 Å². The van der Waals surface area contributed by atoms with E-state index in [1.54, 1.807) is 17.9 Å². The highest BCUT2D eigenvalue weighted by Crippen LogP contribution is 2.22. The van der Waals surface area contributed by atoms with E-state index in [2.05, 4.69) is 31.5 Å². The number of likely N-dealkylation sites (N-methyl/N-ethyl adjacent to an activating group) is 1. The zero-order chi connectivity index (χ0) is 19.1. The van der Waals surface area contributed by atoms with Gasteiger partial charge in [0, 0.05) is 32.7 Å². The largest absolute Gasteiger partial charge is 0.355 e. The highest BCUT2D eigenvalue weighted by atomic mass is 79.9. The molecule has 1 aliphatic heterocycles. The zero-order valence-corrected chi connectivity index (χ0v) is 17.5. The molecule has 0 spiro atoms. The Labute approximate surface area is 166 Å². The summed E-state index contributed by atoms with van der Waals surface area (Å²) in [5, 5.41) is 5.56. The fourth-order valence-corrected chi connectivity index (χ4v) is 4.13. The molecule has 3 amide bonds. The van der Waals surface area contributed by atoms with Crippen LogP contribution in [0.15, 0.2) is 15.9 Å². The zero-order valence-electron chi connectivity index (χ0n) is 15.1. The third-order valence-electron chi connectivity index (χ3n) is 4.16. The van der Waals surface area contributed by atoms with Crippen LogP contribution in [-0.2, 0) is 9.59 Å². The van der Waals surface area contributed by atoms with E-state index in [0.29, 0.717) is 37.6 Å². The van der Waals surface area contributed by atoms with Gasteiger partial charge in [-0.1, -0.05) is 0 Å². The average Bonchev–Trinajstić information content (AvgIpc) is 2.90. The van der Waals surface area contributed by atoms with Gasteiger partial charge in [-0.05, 0) is 48.3 Å². The molecule has 1 aromatic heterocycles. The molecule has 1 saturated heterocycles. The first kappa shape index (κ1) is 20.9. The Balaban J connectivity index is 1.84. The third-order valence-corrected chi connectivity index (χ3v) is 5.78. The van der Waals surface area contributed by atoms with Crippen molar-refractivity contribution in [1.29, 1.82) is 0 Å². The lowest BCUT2D eigenvalue weighted by Gasteiger charge is -2.25. The smallest absolute Gasteiger partial charge is 0.262 e. The predicted octanol–water partition coefficient (Wildman–Crippen LogP) is 1.30.